The van der Waals surface area contributed by atoms with Gasteiger partial charge < -0.3 is 19.2 Å². The molecule has 0 radical (unpaired) electrons. The number of nitrogens with zero attached hydrogens (tertiary/aromatic N) is 1. The molecule has 1 saturated heterocycles. The Morgan fingerprint density at radius 1 is 1.17 bits per heavy atom. The second-order valence-electron chi connectivity index (χ2n) is 5.65. The highest BCUT2D eigenvalue weighted by molar-refractivity contribution is 5.92. The SMILES string of the molecule is C[C@@H]1CN(C(=O)c2ccc(-c3ccc(F)cc3)o2)CC(C(=O)O)O1. The topological polar surface area (TPSA) is 80.0 Å². The number of rotatable bonds is 3. The lowest BCUT2D eigenvalue weighted by atomic mass is 10.2. The van der Waals surface area contributed by atoms with E-state index in [2.05, 4.69) is 0 Å². The molecule has 2 atom stereocenters. The first-order valence-electron chi connectivity index (χ1n) is 7.47. The monoisotopic (exact) mass is 333 g/mol. The van der Waals surface area contributed by atoms with Gasteiger partial charge in [-0.05, 0) is 43.3 Å². The molecule has 2 heterocycles. The standard InChI is InChI=1S/C17H16FNO5/c1-10-8-19(9-15(23-10)17(21)22)16(20)14-7-6-13(24-14)11-2-4-12(18)5-3-11/h2-7,10,15H,8-9H2,1H3,(H,21,22)/t10-,15?/m1/s1. The fourth-order valence-corrected chi connectivity index (χ4v) is 2.63. The second kappa shape index (κ2) is 6.45. The molecule has 7 heteroatoms. The summed E-state index contributed by atoms with van der Waals surface area (Å²) in [5.74, 6) is -1.32. The maximum atomic E-state index is 13.0. The number of benzene rings is 1. The summed E-state index contributed by atoms with van der Waals surface area (Å²) in [6, 6.07) is 8.87. The summed E-state index contributed by atoms with van der Waals surface area (Å²) < 4.78 is 23.8. The first-order valence-corrected chi connectivity index (χ1v) is 7.47. The molecule has 6 nitrogen and oxygen atoms in total. The number of carbonyl (C=O) groups excluding carboxylic acids is 1. The van der Waals surface area contributed by atoms with E-state index in [1.54, 1.807) is 25.1 Å². The summed E-state index contributed by atoms with van der Waals surface area (Å²) >= 11 is 0. The first-order chi connectivity index (χ1) is 11.4. The molecule has 0 spiro atoms. The highest BCUT2D eigenvalue weighted by atomic mass is 19.1. The number of halogens is 1. The molecule has 1 amide bonds. The smallest absolute Gasteiger partial charge is 0.334 e. The largest absolute Gasteiger partial charge is 0.479 e. The molecule has 0 saturated carbocycles. The molecule has 1 aromatic heterocycles. The van der Waals surface area contributed by atoms with Crippen molar-refractivity contribution in [3.63, 3.8) is 0 Å². The van der Waals surface area contributed by atoms with Gasteiger partial charge in [0.15, 0.2) is 11.9 Å². The summed E-state index contributed by atoms with van der Waals surface area (Å²) in [5.41, 5.74) is 0.647. The predicted molar refractivity (Wildman–Crippen MR) is 82.0 cm³/mol. The van der Waals surface area contributed by atoms with Crippen LogP contribution in [-0.2, 0) is 9.53 Å². The average Bonchev–Trinajstić information content (AvgIpc) is 3.04. The summed E-state index contributed by atoms with van der Waals surface area (Å²) in [4.78, 5) is 25.0. The molecule has 24 heavy (non-hydrogen) atoms. The minimum absolute atomic E-state index is 0.0366. The quantitative estimate of drug-likeness (QED) is 0.933. The molecule has 3 rings (SSSR count). The van der Waals surface area contributed by atoms with Crippen molar-refractivity contribution in [2.75, 3.05) is 13.1 Å². The van der Waals surface area contributed by atoms with Crippen LogP contribution in [0.4, 0.5) is 4.39 Å². The number of hydrogen-bond donors (Lipinski definition) is 1. The van der Waals surface area contributed by atoms with Crippen molar-refractivity contribution in [2.45, 2.75) is 19.1 Å². The first kappa shape index (κ1) is 16.2. The van der Waals surface area contributed by atoms with E-state index in [4.69, 9.17) is 14.3 Å². The molecule has 1 aromatic carbocycles. The fraction of sp³-hybridized carbons (Fsp3) is 0.294. The van der Waals surface area contributed by atoms with Gasteiger partial charge in [0.25, 0.3) is 5.91 Å². The summed E-state index contributed by atoms with van der Waals surface area (Å²) in [6.07, 6.45) is -1.43. The van der Waals surface area contributed by atoms with Gasteiger partial charge in [-0.1, -0.05) is 0 Å². The Morgan fingerprint density at radius 2 is 1.88 bits per heavy atom. The third kappa shape index (κ3) is 3.30. The Balaban J connectivity index is 1.78. The third-order valence-electron chi connectivity index (χ3n) is 3.77. The van der Waals surface area contributed by atoms with Gasteiger partial charge in [0.05, 0.1) is 12.6 Å². The van der Waals surface area contributed by atoms with E-state index < -0.39 is 18.0 Å². The van der Waals surface area contributed by atoms with Gasteiger partial charge in [-0.3, -0.25) is 4.79 Å². The van der Waals surface area contributed by atoms with E-state index in [9.17, 15) is 14.0 Å². The fourth-order valence-electron chi connectivity index (χ4n) is 2.63. The normalized spacial score (nSPS) is 20.8. The number of carboxylic acids is 1. The number of carboxylic acid groups (broad SMARTS) is 1. The molecule has 2 aromatic rings. The van der Waals surface area contributed by atoms with Crippen LogP contribution in [0.5, 0.6) is 0 Å². The Morgan fingerprint density at radius 3 is 2.54 bits per heavy atom. The van der Waals surface area contributed by atoms with Crippen molar-refractivity contribution >= 4 is 11.9 Å². The van der Waals surface area contributed by atoms with Crippen LogP contribution in [0.15, 0.2) is 40.8 Å². The van der Waals surface area contributed by atoms with Crippen LogP contribution in [0, 0.1) is 5.82 Å². The number of carbonyl (C=O) groups is 2. The molecule has 1 aliphatic heterocycles. The van der Waals surface area contributed by atoms with Gasteiger partial charge in [-0.25, -0.2) is 9.18 Å². The van der Waals surface area contributed by atoms with Gasteiger partial charge in [-0.2, -0.15) is 0 Å². The molecule has 126 valence electrons. The molecule has 0 bridgehead atoms. The number of furan rings is 1. The predicted octanol–water partition coefficient (Wildman–Crippen LogP) is 2.40. The van der Waals surface area contributed by atoms with Crippen molar-refractivity contribution in [1.82, 2.24) is 4.90 Å². The van der Waals surface area contributed by atoms with Gasteiger partial charge in [0, 0.05) is 12.1 Å². The van der Waals surface area contributed by atoms with E-state index in [-0.39, 0.29) is 30.8 Å². The number of hydrogen-bond acceptors (Lipinski definition) is 4. The number of morpholine rings is 1. The lowest BCUT2D eigenvalue weighted by Gasteiger charge is -2.34. The highest BCUT2D eigenvalue weighted by Crippen LogP contribution is 2.24. The van der Waals surface area contributed by atoms with Crippen LogP contribution in [0.1, 0.15) is 17.5 Å². The number of ether oxygens (including phenoxy) is 1. The zero-order chi connectivity index (χ0) is 17.3. The molecule has 0 aliphatic carbocycles. The van der Waals surface area contributed by atoms with Crippen LogP contribution in [0.2, 0.25) is 0 Å². The van der Waals surface area contributed by atoms with Crippen molar-refractivity contribution < 1.29 is 28.2 Å². The summed E-state index contributed by atoms with van der Waals surface area (Å²) in [6.45, 7) is 1.96. The van der Waals surface area contributed by atoms with E-state index in [0.29, 0.717) is 11.3 Å². The minimum Gasteiger partial charge on any atom is -0.479 e. The molecule has 1 fully saturated rings. The maximum absolute atomic E-state index is 13.0. The Kier molecular flexibility index (Phi) is 4.35. The molecular weight excluding hydrogens is 317 g/mol. The maximum Gasteiger partial charge on any atom is 0.334 e. The van der Waals surface area contributed by atoms with Crippen LogP contribution in [-0.4, -0.2) is 47.2 Å². The van der Waals surface area contributed by atoms with Crippen molar-refractivity contribution in [1.29, 1.82) is 0 Å². The van der Waals surface area contributed by atoms with E-state index in [1.165, 1.54) is 23.1 Å². The molecule has 1 aliphatic rings. The molecule has 1 unspecified atom stereocenters. The van der Waals surface area contributed by atoms with Crippen molar-refractivity contribution in [2.24, 2.45) is 0 Å². The highest BCUT2D eigenvalue weighted by Gasteiger charge is 2.34. The number of amides is 1. The van der Waals surface area contributed by atoms with E-state index in [0.717, 1.165) is 0 Å². The number of aliphatic carboxylic acids is 1. The zero-order valence-electron chi connectivity index (χ0n) is 12.9. The molecular formula is C17H16FNO5. The molecule has 1 N–H and O–H groups in total. The van der Waals surface area contributed by atoms with Crippen molar-refractivity contribution in [3.05, 3.63) is 48.0 Å². The van der Waals surface area contributed by atoms with E-state index in [1.807, 2.05) is 0 Å². The van der Waals surface area contributed by atoms with Crippen molar-refractivity contribution in [3.8, 4) is 11.3 Å². The van der Waals surface area contributed by atoms with Crippen LogP contribution < -0.4 is 0 Å². The Labute approximate surface area is 137 Å². The second-order valence-corrected chi connectivity index (χ2v) is 5.65. The lowest BCUT2D eigenvalue weighted by molar-refractivity contribution is -0.160. The van der Waals surface area contributed by atoms with Gasteiger partial charge in [0.2, 0.25) is 0 Å². The lowest BCUT2D eigenvalue weighted by Crippen LogP contribution is -2.51. The average molecular weight is 333 g/mol. The summed E-state index contributed by atoms with van der Waals surface area (Å²) in [7, 11) is 0. The van der Waals surface area contributed by atoms with Crippen LogP contribution in [0.3, 0.4) is 0 Å². The zero-order valence-corrected chi connectivity index (χ0v) is 12.9. The van der Waals surface area contributed by atoms with Gasteiger partial charge >= 0.3 is 5.97 Å². The van der Waals surface area contributed by atoms with E-state index >= 15 is 0 Å². The Hall–Kier alpha value is -2.67. The van der Waals surface area contributed by atoms with Gasteiger partial charge in [0.1, 0.15) is 11.6 Å². The third-order valence-corrected chi connectivity index (χ3v) is 3.77. The van der Waals surface area contributed by atoms with Gasteiger partial charge in [-0.15, -0.1) is 0 Å². The van der Waals surface area contributed by atoms with Crippen LogP contribution >= 0.6 is 0 Å². The summed E-state index contributed by atoms with van der Waals surface area (Å²) in [5, 5.41) is 9.08. The minimum atomic E-state index is -1.11. The van der Waals surface area contributed by atoms with Crippen LogP contribution in [0.25, 0.3) is 11.3 Å². The Bertz CT molecular complexity index is 755.